The minimum atomic E-state index is -4.73. The molecule has 0 bridgehead atoms. The lowest BCUT2D eigenvalue weighted by molar-refractivity contribution is -0.140. The molecule has 0 aliphatic rings. The maximum atomic E-state index is 13.6. The highest BCUT2D eigenvalue weighted by molar-refractivity contribution is 5.29. The Bertz CT molecular complexity index is 473. The lowest BCUT2D eigenvalue weighted by Gasteiger charge is -2.40. The standard InChI is InChI=1S/C14H19F4NO/c1-5-13(2,19(3)4)12(20)9-6-7-10(11(15)8-9)14(16,17)18/h6-8,12,20H,5H2,1-4H3. The lowest BCUT2D eigenvalue weighted by atomic mass is 9.85. The van der Waals surface area contributed by atoms with E-state index < -0.39 is 29.2 Å². The van der Waals surface area contributed by atoms with Crippen molar-refractivity contribution in [2.45, 2.75) is 38.1 Å². The summed E-state index contributed by atoms with van der Waals surface area (Å²) in [6, 6.07) is 2.54. The summed E-state index contributed by atoms with van der Waals surface area (Å²) in [4.78, 5) is 1.77. The highest BCUT2D eigenvalue weighted by atomic mass is 19.4. The predicted molar refractivity (Wildman–Crippen MR) is 68.7 cm³/mol. The number of aliphatic hydroxyl groups is 1. The van der Waals surface area contributed by atoms with Gasteiger partial charge in [0, 0.05) is 5.54 Å². The summed E-state index contributed by atoms with van der Waals surface area (Å²) in [5, 5.41) is 10.3. The van der Waals surface area contributed by atoms with E-state index in [9.17, 15) is 22.7 Å². The molecule has 114 valence electrons. The predicted octanol–water partition coefficient (Wildman–Crippen LogP) is 3.61. The molecule has 0 saturated carbocycles. The van der Waals surface area contributed by atoms with Crippen molar-refractivity contribution in [1.82, 2.24) is 4.90 Å². The number of rotatable bonds is 4. The molecule has 0 spiro atoms. The molecule has 6 heteroatoms. The molecule has 2 nitrogen and oxygen atoms in total. The summed E-state index contributed by atoms with van der Waals surface area (Å²) in [5.74, 6) is -1.37. The van der Waals surface area contributed by atoms with Crippen LogP contribution in [-0.4, -0.2) is 29.6 Å². The number of hydrogen-bond acceptors (Lipinski definition) is 2. The summed E-state index contributed by atoms with van der Waals surface area (Å²) < 4.78 is 51.1. The maximum absolute atomic E-state index is 13.6. The van der Waals surface area contributed by atoms with E-state index in [0.717, 1.165) is 12.1 Å². The molecule has 0 aliphatic heterocycles. The van der Waals surface area contributed by atoms with Crippen molar-refractivity contribution in [2.24, 2.45) is 0 Å². The third-order valence-corrected chi connectivity index (χ3v) is 3.94. The minimum absolute atomic E-state index is 0.133. The van der Waals surface area contributed by atoms with Crippen molar-refractivity contribution in [2.75, 3.05) is 14.1 Å². The lowest BCUT2D eigenvalue weighted by Crippen LogP contribution is -2.46. The second-order valence-electron chi connectivity index (χ2n) is 5.24. The van der Waals surface area contributed by atoms with Gasteiger partial charge in [0.2, 0.25) is 0 Å². The van der Waals surface area contributed by atoms with Crippen LogP contribution in [0.5, 0.6) is 0 Å². The van der Waals surface area contributed by atoms with Gasteiger partial charge in [-0.15, -0.1) is 0 Å². The van der Waals surface area contributed by atoms with Gasteiger partial charge in [-0.2, -0.15) is 13.2 Å². The third-order valence-electron chi connectivity index (χ3n) is 3.94. The Hall–Kier alpha value is -1.14. The summed E-state index contributed by atoms with van der Waals surface area (Å²) >= 11 is 0. The number of nitrogens with zero attached hydrogens (tertiary/aromatic N) is 1. The van der Waals surface area contributed by atoms with Crippen molar-refractivity contribution in [1.29, 1.82) is 0 Å². The average Bonchev–Trinajstić information content (AvgIpc) is 2.34. The molecule has 20 heavy (non-hydrogen) atoms. The van der Waals surface area contributed by atoms with Gasteiger partial charge in [-0.25, -0.2) is 4.39 Å². The first-order chi connectivity index (χ1) is 9.04. The van der Waals surface area contributed by atoms with Gasteiger partial charge in [0.1, 0.15) is 5.82 Å². The van der Waals surface area contributed by atoms with E-state index in [4.69, 9.17) is 0 Å². The van der Waals surface area contributed by atoms with Crippen LogP contribution in [0.1, 0.15) is 37.5 Å². The van der Waals surface area contributed by atoms with Gasteiger partial charge in [0.25, 0.3) is 0 Å². The van der Waals surface area contributed by atoms with Gasteiger partial charge in [-0.3, -0.25) is 0 Å². The highest BCUT2D eigenvalue weighted by Gasteiger charge is 2.37. The van der Waals surface area contributed by atoms with Gasteiger partial charge in [0.05, 0.1) is 11.7 Å². The monoisotopic (exact) mass is 293 g/mol. The summed E-state index contributed by atoms with van der Waals surface area (Å²) in [5.41, 5.74) is -1.88. The van der Waals surface area contributed by atoms with Gasteiger partial charge in [-0.1, -0.05) is 13.0 Å². The zero-order valence-corrected chi connectivity index (χ0v) is 11.9. The number of halogens is 4. The Morgan fingerprint density at radius 3 is 2.15 bits per heavy atom. The summed E-state index contributed by atoms with van der Waals surface area (Å²) in [6.45, 7) is 3.62. The fourth-order valence-corrected chi connectivity index (χ4v) is 2.04. The Morgan fingerprint density at radius 1 is 1.25 bits per heavy atom. The molecule has 2 atom stereocenters. The number of benzene rings is 1. The molecule has 1 N–H and O–H groups in total. The molecule has 0 aromatic heterocycles. The Labute approximate surface area is 116 Å². The van der Waals surface area contributed by atoms with E-state index in [1.165, 1.54) is 0 Å². The molecule has 2 unspecified atom stereocenters. The van der Waals surface area contributed by atoms with Crippen LogP contribution in [0.2, 0.25) is 0 Å². The molecular weight excluding hydrogens is 274 g/mol. The number of aliphatic hydroxyl groups excluding tert-OH is 1. The van der Waals surface area contributed by atoms with Crippen LogP contribution in [0, 0.1) is 5.82 Å². The van der Waals surface area contributed by atoms with E-state index in [1.807, 2.05) is 6.92 Å². The van der Waals surface area contributed by atoms with Crippen LogP contribution in [0.25, 0.3) is 0 Å². The molecule has 0 aliphatic carbocycles. The summed E-state index contributed by atoms with van der Waals surface area (Å²) in [6.07, 6.45) is -5.26. The number of likely N-dealkylation sites (N-methyl/N-ethyl adjacent to an activating group) is 1. The first-order valence-electron chi connectivity index (χ1n) is 6.26. The molecule has 1 aromatic rings. The number of hydrogen-bond donors (Lipinski definition) is 1. The van der Waals surface area contributed by atoms with E-state index >= 15 is 0 Å². The van der Waals surface area contributed by atoms with E-state index in [-0.39, 0.29) is 5.56 Å². The Morgan fingerprint density at radius 2 is 1.80 bits per heavy atom. The van der Waals surface area contributed by atoms with E-state index in [2.05, 4.69) is 0 Å². The maximum Gasteiger partial charge on any atom is 0.419 e. The van der Waals surface area contributed by atoms with Crippen LogP contribution >= 0.6 is 0 Å². The van der Waals surface area contributed by atoms with Crippen LogP contribution in [0.15, 0.2) is 18.2 Å². The smallest absolute Gasteiger partial charge is 0.386 e. The molecule has 0 saturated heterocycles. The quantitative estimate of drug-likeness (QED) is 0.857. The van der Waals surface area contributed by atoms with E-state index in [1.54, 1.807) is 25.9 Å². The molecule has 0 heterocycles. The molecule has 1 rings (SSSR count). The second-order valence-corrected chi connectivity index (χ2v) is 5.24. The first-order valence-corrected chi connectivity index (χ1v) is 6.26. The Kier molecular flexibility index (Phi) is 4.82. The topological polar surface area (TPSA) is 23.5 Å². The van der Waals surface area contributed by atoms with Crippen molar-refractivity contribution in [3.8, 4) is 0 Å². The second kappa shape index (κ2) is 5.69. The van der Waals surface area contributed by atoms with Crippen LogP contribution in [0.4, 0.5) is 17.6 Å². The van der Waals surface area contributed by atoms with Crippen molar-refractivity contribution < 1.29 is 22.7 Å². The number of alkyl halides is 3. The van der Waals surface area contributed by atoms with Gasteiger partial charge in [-0.05, 0) is 45.1 Å². The zero-order chi connectivity index (χ0) is 15.7. The molecule has 1 aromatic carbocycles. The Balaban J connectivity index is 3.19. The van der Waals surface area contributed by atoms with Gasteiger partial charge < -0.3 is 10.0 Å². The fourth-order valence-electron chi connectivity index (χ4n) is 2.04. The van der Waals surface area contributed by atoms with Crippen molar-refractivity contribution >= 4 is 0 Å². The normalized spacial score (nSPS) is 17.1. The zero-order valence-electron chi connectivity index (χ0n) is 11.9. The molecule has 0 fully saturated rings. The molecule has 0 radical (unpaired) electrons. The third kappa shape index (κ3) is 3.12. The van der Waals surface area contributed by atoms with Crippen LogP contribution in [0.3, 0.4) is 0 Å². The van der Waals surface area contributed by atoms with Crippen molar-refractivity contribution in [3.63, 3.8) is 0 Å². The first kappa shape index (κ1) is 16.9. The van der Waals surface area contributed by atoms with E-state index in [0.29, 0.717) is 12.5 Å². The fraction of sp³-hybridized carbons (Fsp3) is 0.571. The largest absolute Gasteiger partial charge is 0.419 e. The molecule has 0 amide bonds. The van der Waals surface area contributed by atoms with Gasteiger partial charge >= 0.3 is 6.18 Å². The highest BCUT2D eigenvalue weighted by Crippen LogP contribution is 2.36. The van der Waals surface area contributed by atoms with Crippen molar-refractivity contribution in [3.05, 3.63) is 35.1 Å². The SMILES string of the molecule is CCC(C)(C(O)c1ccc(C(F)(F)F)c(F)c1)N(C)C. The van der Waals surface area contributed by atoms with Crippen LogP contribution in [-0.2, 0) is 6.18 Å². The molecular formula is C14H19F4NO. The van der Waals surface area contributed by atoms with Crippen LogP contribution < -0.4 is 0 Å². The minimum Gasteiger partial charge on any atom is -0.386 e. The average molecular weight is 293 g/mol. The summed E-state index contributed by atoms with van der Waals surface area (Å²) in [7, 11) is 3.51. The van der Waals surface area contributed by atoms with Gasteiger partial charge in [0.15, 0.2) is 0 Å².